The Morgan fingerprint density at radius 1 is 0.528 bits per heavy atom. The van der Waals surface area contributed by atoms with Gasteiger partial charge in [-0.25, -0.2) is 0 Å². The zero-order chi connectivity index (χ0) is 38.3. The summed E-state index contributed by atoms with van der Waals surface area (Å²) in [5, 5.41) is 19.8. The molecule has 1 saturated carbocycles. The molecule has 0 aromatic heterocycles. The largest absolute Gasteiger partial charge is 0.508 e. The summed E-state index contributed by atoms with van der Waals surface area (Å²) in [6.07, 6.45) is 4.30. The molecule has 0 amide bonds. The molecule has 6 nitrogen and oxygen atoms in total. The molecule has 2 N–H and O–H groups in total. The van der Waals surface area contributed by atoms with Crippen LogP contribution in [0.15, 0.2) is 97.1 Å². The lowest BCUT2D eigenvalue weighted by molar-refractivity contribution is -0.120. The second-order valence-electron chi connectivity index (χ2n) is 17.4. The minimum absolute atomic E-state index is 0.0986. The third kappa shape index (κ3) is 10.6. The van der Waals surface area contributed by atoms with E-state index in [2.05, 4.69) is 113 Å². The van der Waals surface area contributed by atoms with Crippen LogP contribution in [0.25, 0.3) is 0 Å². The topological polar surface area (TPSA) is 77.4 Å². The molecule has 0 atom stereocenters. The van der Waals surface area contributed by atoms with E-state index in [0.717, 1.165) is 49.1 Å². The van der Waals surface area contributed by atoms with Crippen LogP contribution in [-0.2, 0) is 20.3 Å². The van der Waals surface area contributed by atoms with Crippen molar-refractivity contribution >= 4 is 15.9 Å². The average Bonchev–Trinajstić information content (AvgIpc) is 3.12. The van der Waals surface area contributed by atoms with E-state index in [9.17, 15) is 10.2 Å². The molecule has 286 valence electrons. The number of phenolic OH excluding ortho intramolecular Hbond substituents is 2. The van der Waals surface area contributed by atoms with Crippen LogP contribution < -0.4 is 9.47 Å². The molecule has 2 saturated heterocycles. The second kappa shape index (κ2) is 16.9. The summed E-state index contributed by atoms with van der Waals surface area (Å²) in [6, 6.07) is 31.4. The van der Waals surface area contributed by atoms with Crippen molar-refractivity contribution in [3.05, 3.63) is 119 Å². The first-order chi connectivity index (χ1) is 25.0. The average molecular weight is 788 g/mol. The van der Waals surface area contributed by atoms with Gasteiger partial charge in [-0.05, 0) is 89.0 Å². The Labute approximate surface area is 326 Å². The molecule has 7 rings (SSSR count). The van der Waals surface area contributed by atoms with Crippen LogP contribution in [0.5, 0.6) is 23.0 Å². The highest BCUT2D eigenvalue weighted by Crippen LogP contribution is 2.41. The molecule has 3 fully saturated rings. The minimum atomic E-state index is -0.151. The molecule has 0 bridgehead atoms. The van der Waals surface area contributed by atoms with E-state index in [1.54, 1.807) is 24.3 Å². The SMILES string of the molecule is CC(C)(c1ccc(O)cc1)c1ccc(O)cc1.CC1(CBr)CCC1.CC1(COc2ccc(C(C)(C)c3ccc(OCC4(C)COC4)cc3)cc2)COC1. The van der Waals surface area contributed by atoms with Crippen LogP contribution in [0.3, 0.4) is 0 Å². The van der Waals surface area contributed by atoms with Gasteiger partial charge in [0.1, 0.15) is 23.0 Å². The van der Waals surface area contributed by atoms with Crippen LogP contribution in [0, 0.1) is 16.2 Å². The molecule has 7 heteroatoms. The van der Waals surface area contributed by atoms with Crippen LogP contribution in [0.4, 0.5) is 0 Å². The van der Waals surface area contributed by atoms with Gasteiger partial charge < -0.3 is 29.2 Å². The van der Waals surface area contributed by atoms with Crippen LogP contribution in [0.1, 0.15) is 90.0 Å². The number of halogens is 1. The molecule has 4 aromatic carbocycles. The van der Waals surface area contributed by atoms with Crippen molar-refractivity contribution in [2.45, 2.75) is 78.6 Å². The van der Waals surface area contributed by atoms with Gasteiger partial charge in [-0.1, -0.05) is 119 Å². The Morgan fingerprint density at radius 3 is 1.04 bits per heavy atom. The van der Waals surface area contributed by atoms with E-state index in [-0.39, 0.29) is 33.2 Å². The van der Waals surface area contributed by atoms with Crippen molar-refractivity contribution in [1.29, 1.82) is 0 Å². The number of alkyl halides is 1. The zero-order valence-electron chi connectivity index (χ0n) is 32.7. The predicted molar refractivity (Wildman–Crippen MR) is 218 cm³/mol. The van der Waals surface area contributed by atoms with Gasteiger partial charge in [0.05, 0.1) is 39.6 Å². The Kier molecular flexibility index (Phi) is 12.9. The number of benzene rings is 4. The first kappa shape index (κ1) is 40.7. The smallest absolute Gasteiger partial charge is 0.119 e. The molecule has 2 aliphatic heterocycles. The van der Waals surface area contributed by atoms with Crippen molar-refractivity contribution in [1.82, 2.24) is 0 Å². The quantitative estimate of drug-likeness (QED) is 0.147. The summed E-state index contributed by atoms with van der Waals surface area (Å²) < 4.78 is 22.5. The third-order valence-electron chi connectivity index (χ3n) is 11.2. The lowest BCUT2D eigenvalue weighted by Gasteiger charge is -2.37. The van der Waals surface area contributed by atoms with E-state index in [1.807, 2.05) is 24.3 Å². The van der Waals surface area contributed by atoms with Crippen LogP contribution in [-0.4, -0.2) is 55.2 Å². The zero-order valence-corrected chi connectivity index (χ0v) is 34.3. The lowest BCUT2D eigenvalue weighted by Crippen LogP contribution is -2.44. The van der Waals surface area contributed by atoms with Gasteiger partial charge in [0, 0.05) is 27.0 Å². The summed E-state index contributed by atoms with van der Waals surface area (Å²) in [5.74, 6) is 2.37. The van der Waals surface area contributed by atoms with Crippen molar-refractivity contribution in [3.8, 4) is 23.0 Å². The van der Waals surface area contributed by atoms with Gasteiger partial charge in [0.15, 0.2) is 0 Å². The molecule has 0 radical (unpaired) electrons. The highest BCUT2D eigenvalue weighted by Gasteiger charge is 2.35. The molecular weight excluding hydrogens is 728 g/mol. The van der Waals surface area contributed by atoms with E-state index >= 15 is 0 Å². The van der Waals surface area contributed by atoms with Crippen molar-refractivity contribution < 1.29 is 29.2 Å². The Morgan fingerprint density at radius 2 is 0.830 bits per heavy atom. The monoisotopic (exact) mass is 786 g/mol. The van der Waals surface area contributed by atoms with Gasteiger partial charge in [0.25, 0.3) is 0 Å². The number of hydrogen-bond acceptors (Lipinski definition) is 6. The van der Waals surface area contributed by atoms with E-state index in [0.29, 0.717) is 18.6 Å². The Bertz CT molecular complexity index is 1590. The molecule has 3 aliphatic rings. The summed E-state index contributed by atoms with van der Waals surface area (Å²) in [5.41, 5.74) is 5.52. The van der Waals surface area contributed by atoms with Gasteiger partial charge in [0.2, 0.25) is 0 Å². The normalized spacial score (nSPS) is 18.0. The molecule has 4 aromatic rings. The van der Waals surface area contributed by atoms with E-state index < -0.39 is 0 Å². The highest BCUT2D eigenvalue weighted by atomic mass is 79.9. The predicted octanol–water partition coefficient (Wildman–Crippen LogP) is 10.8. The summed E-state index contributed by atoms with van der Waals surface area (Å²) >= 11 is 3.48. The summed E-state index contributed by atoms with van der Waals surface area (Å²) in [7, 11) is 0. The first-order valence-corrected chi connectivity index (χ1v) is 19.9. The van der Waals surface area contributed by atoms with Crippen LogP contribution in [0.2, 0.25) is 0 Å². The number of aromatic hydroxyl groups is 2. The fourth-order valence-corrected chi connectivity index (χ4v) is 7.08. The maximum Gasteiger partial charge on any atom is 0.119 e. The van der Waals surface area contributed by atoms with Gasteiger partial charge in [-0.3, -0.25) is 0 Å². The number of ether oxygens (including phenoxy) is 4. The van der Waals surface area contributed by atoms with Crippen molar-refractivity contribution in [2.24, 2.45) is 16.2 Å². The van der Waals surface area contributed by atoms with Crippen molar-refractivity contribution in [3.63, 3.8) is 0 Å². The third-order valence-corrected chi connectivity index (χ3v) is 12.5. The van der Waals surface area contributed by atoms with E-state index in [4.69, 9.17) is 18.9 Å². The highest BCUT2D eigenvalue weighted by molar-refractivity contribution is 9.09. The molecule has 0 spiro atoms. The fraction of sp³-hybridized carbons (Fsp3) is 0.478. The Hall–Kier alpha value is -3.52. The minimum Gasteiger partial charge on any atom is -0.508 e. The van der Waals surface area contributed by atoms with Crippen molar-refractivity contribution in [2.75, 3.05) is 45.0 Å². The van der Waals surface area contributed by atoms with E-state index in [1.165, 1.54) is 35.7 Å². The maximum absolute atomic E-state index is 9.30. The lowest BCUT2D eigenvalue weighted by atomic mass is 9.72. The summed E-state index contributed by atoms with van der Waals surface area (Å²) in [6.45, 7) is 20.0. The molecule has 2 heterocycles. The number of rotatable bonds is 11. The fourth-order valence-electron chi connectivity index (χ4n) is 6.52. The van der Waals surface area contributed by atoms with Crippen LogP contribution >= 0.6 is 15.9 Å². The maximum atomic E-state index is 9.30. The standard InChI is InChI=1S/C25H32O4.C15H16O2.C6H11Br/c1-23(2,19-5-9-21(10-6-19)28-17-24(3)13-26-14-24)20-7-11-22(12-8-20)29-18-25(4)15-27-16-25;1-15(2,11-3-7-13(16)8-4-11)12-5-9-14(17)10-6-12;1-6(5-7)3-2-4-6/h5-12H,13-18H2,1-4H3;3-10,16-17H,1-2H3;2-5H2,1H3. The molecule has 0 unspecified atom stereocenters. The van der Waals surface area contributed by atoms with Gasteiger partial charge >= 0.3 is 0 Å². The molecule has 53 heavy (non-hydrogen) atoms. The van der Waals surface area contributed by atoms with Gasteiger partial charge in [-0.15, -0.1) is 0 Å². The second-order valence-corrected chi connectivity index (χ2v) is 17.9. The van der Waals surface area contributed by atoms with Gasteiger partial charge in [-0.2, -0.15) is 0 Å². The Balaban J connectivity index is 0.000000189. The molecular formula is C46H59BrO6. The number of phenols is 2. The molecule has 1 aliphatic carbocycles. The number of hydrogen-bond donors (Lipinski definition) is 2. The first-order valence-electron chi connectivity index (χ1n) is 18.8. The summed E-state index contributed by atoms with van der Waals surface area (Å²) in [4.78, 5) is 0.